The van der Waals surface area contributed by atoms with E-state index in [4.69, 9.17) is 25.5 Å². The van der Waals surface area contributed by atoms with Gasteiger partial charge in [-0.05, 0) is 30.7 Å². The van der Waals surface area contributed by atoms with E-state index in [9.17, 15) is 4.79 Å². The molecular formula is C15H15ClN2O4. The molecule has 0 saturated heterocycles. The molecular weight excluding hydrogens is 308 g/mol. The second kappa shape index (κ2) is 7.00. The molecule has 0 fully saturated rings. The van der Waals surface area contributed by atoms with Crippen molar-refractivity contribution in [2.75, 3.05) is 14.2 Å². The molecule has 0 aliphatic heterocycles. The number of methoxy groups -OCH3 is 2. The van der Waals surface area contributed by atoms with E-state index < -0.39 is 0 Å². The Morgan fingerprint density at radius 1 is 1.36 bits per heavy atom. The van der Waals surface area contributed by atoms with E-state index in [-0.39, 0.29) is 5.91 Å². The summed E-state index contributed by atoms with van der Waals surface area (Å²) in [7, 11) is 3.02. The number of ether oxygens (including phenoxy) is 2. The molecule has 0 radical (unpaired) electrons. The molecule has 0 bridgehead atoms. The van der Waals surface area contributed by atoms with Gasteiger partial charge in [0, 0.05) is 0 Å². The van der Waals surface area contributed by atoms with Crippen LogP contribution in [-0.4, -0.2) is 26.3 Å². The van der Waals surface area contributed by atoms with Crippen LogP contribution in [0.3, 0.4) is 0 Å². The van der Waals surface area contributed by atoms with Crippen LogP contribution in [0.25, 0.3) is 0 Å². The van der Waals surface area contributed by atoms with Crippen molar-refractivity contribution in [1.82, 2.24) is 5.43 Å². The van der Waals surface area contributed by atoms with E-state index in [1.807, 2.05) is 0 Å². The molecule has 1 aromatic heterocycles. The van der Waals surface area contributed by atoms with E-state index in [1.54, 1.807) is 25.1 Å². The minimum atomic E-state index is -0.353. The lowest BCUT2D eigenvalue weighted by molar-refractivity contribution is 0.0953. The van der Waals surface area contributed by atoms with Gasteiger partial charge in [-0.25, -0.2) is 5.43 Å². The smallest absolute Gasteiger partial charge is 0.274 e. The molecule has 0 spiro atoms. The molecule has 2 aromatic rings. The monoisotopic (exact) mass is 322 g/mol. The number of amides is 1. The van der Waals surface area contributed by atoms with Crippen LogP contribution < -0.4 is 14.9 Å². The van der Waals surface area contributed by atoms with Gasteiger partial charge < -0.3 is 13.9 Å². The zero-order valence-electron chi connectivity index (χ0n) is 12.3. The Bertz CT molecular complexity index is 710. The minimum absolute atomic E-state index is 0.353. The van der Waals surface area contributed by atoms with E-state index in [1.165, 1.54) is 26.7 Å². The third-order valence-corrected chi connectivity index (χ3v) is 3.22. The zero-order chi connectivity index (χ0) is 16.1. The van der Waals surface area contributed by atoms with Gasteiger partial charge >= 0.3 is 0 Å². The van der Waals surface area contributed by atoms with Gasteiger partial charge in [-0.15, -0.1) is 0 Å². The maximum Gasteiger partial charge on any atom is 0.274 e. The van der Waals surface area contributed by atoms with Crippen molar-refractivity contribution in [3.05, 3.63) is 46.4 Å². The average molecular weight is 323 g/mol. The second-order valence-corrected chi connectivity index (χ2v) is 4.74. The molecule has 1 N–H and O–H groups in total. The Labute approximate surface area is 132 Å². The zero-order valence-corrected chi connectivity index (χ0v) is 13.1. The Hall–Kier alpha value is -2.47. The molecule has 1 heterocycles. The second-order valence-electron chi connectivity index (χ2n) is 4.33. The highest BCUT2D eigenvalue weighted by molar-refractivity contribution is 6.32. The van der Waals surface area contributed by atoms with Gasteiger partial charge in [-0.2, -0.15) is 5.10 Å². The topological polar surface area (TPSA) is 73.1 Å². The summed E-state index contributed by atoms with van der Waals surface area (Å²) in [5, 5.41) is 4.28. The van der Waals surface area contributed by atoms with Crippen molar-refractivity contribution in [2.24, 2.45) is 5.10 Å². The van der Waals surface area contributed by atoms with E-state index in [0.29, 0.717) is 33.4 Å². The van der Waals surface area contributed by atoms with Crippen LogP contribution in [0.15, 0.2) is 34.0 Å². The quantitative estimate of drug-likeness (QED) is 0.678. The van der Waals surface area contributed by atoms with Crippen LogP contribution in [0.5, 0.6) is 11.5 Å². The summed E-state index contributed by atoms with van der Waals surface area (Å²) in [6.45, 7) is 1.70. The van der Waals surface area contributed by atoms with E-state index in [0.717, 1.165) is 0 Å². The van der Waals surface area contributed by atoms with Crippen LogP contribution in [0, 0.1) is 6.92 Å². The number of hydrogen-bond donors (Lipinski definition) is 1. The summed E-state index contributed by atoms with van der Waals surface area (Å²) in [4.78, 5) is 11.9. The van der Waals surface area contributed by atoms with Crippen molar-refractivity contribution >= 4 is 23.7 Å². The maximum absolute atomic E-state index is 11.9. The van der Waals surface area contributed by atoms with Crippen LogP contribution in [0.1, 0.15) is 21.7 Å². The third-order valence-electron chi connectivity index (χ3n) is 2.94. The fourth-order valence-corrected chi connectivity index (χ4v) is 2.15. The number of nitrogens with one attached hydrogen (secondary N) is 1. The molecule has 1 amide bonds. The predicted molar refractivity (Wildman–Crippen MR) is 83.1 cm³/mol. The molecule has 6 nitrogen and oxygen atoms in total. The fourth-order valence-electron chi connectivity index (χ4n) is 1.86. The minimum Gasteiger partial charge on any atom is -0.493 e. The largest absolute Gasteiger partial charge is 0.493 e. The molecule has 2 rings (SSSR count). The van der Waals surface area contributed by atoms with Crippen molar-refractivity contribution in [3.63, 3.8) is 0 Å². The number of nitrogens with zero attached hydrogens (tertiary/aromatic N) is 1. The number of hydrogen-bond acceptors (Lipinski definition) is 5. The van der Waals surface area contributed by atoms with Gasteiger partial charge in [-0.1, -0.05) is 11.6 Å². The first-order valence-electron chi connectivity index (χ1n) is 6.35. The molecule has 0 aliphatic rings. The van der Waals surface area contributed by atoms with Crippen LogP contribution in [0.4, 0.5) is 0 Å². The number of halogens is 1. The van der Waals surface area contributed by atoms with Crippen molar-refractivity contribution in [3.8, 4) is 11.5 Å². The predicted octanol–water partition coefficient (Wildman–Crippen LogP) is 3.02. The number of furan rings is 1. The summed E-state index contributed by atoms with van der Waals surface area (Å²) < 4.78 is 15.4. The highest BCUT2D eigenvalue weighted by Crippen LogP contribution is 2.35. The van der Waals surface area contributed by atoms with Crippen molar-refractivity contribution in [1.29, 1.82) is 0 Å². The van der Waals surface area contributed by atoms with Crippen LogP contribution >= 0.6 is 11.6 Å². The lowest BCUT2D eigenvalue weighted by atomic mass is 10.2. The fraction of sp³-hybridized carbons (Fsp3) is 0.200. The number of aryl methyl sites for hydroxylation is 1. The van der Waals surface area contributed by atoms with Gasteiger partial charge in [0.25, 0.3) is 5.91 Å². The number of carbonyl (C=O) groups is 1. The van der Waals surface area contributed by atoms with Crippen LogP contribution in [0.2, 0.25) is 5.02 Å². The highest BCUT2D eigenvalue weighted by Gasteiger charge is 2.11. The summed E-state index contributed by atoms with van der Waals surface area (Å²) in [6, 6.07) is 4.93. The standard InChI is InChI=1S/C15H15ClN2O4/c1-9-11(4-5-22-9)15(19)18-17-8-10-6-12(16)14(21-3)13(7-10)20-2/h4-8H,1-3H3,(H,18,19)/b17-8-. The first kappa shape index (κ1) is 15.9. The number of rotatable bonds is 5. The Balaban J connectivity index is 2.12. The first-order chi connectivity index (χ1) is 10.6. The highest BCUT2D eigenvalue weighted by atomic mass is 35.5. The number of carbonyl (C=O) groups excluding carboxylic acids is 1. The average Bonchev–Trinajstić information content (AvgIpc) is 2.92. The molecule has 0 aliphatic carbocycles. The van der Waals surface area contributed by atoms with Gasteiger partial charge in [-0.3, -0.25) is 4.79 Å². The van der Waals surface area contributed by atoms with Crippen LogP contribution in [-0.2, 0) is 0 Å². The lowest BCUT2D eigenvalue weighted by Crippen LogP contribution is -2.17. The molecule has 0 atom stereocenters. The summed E-state index contributed by atoms with van der Waals surface area (Å²) in [5.41, 5.74) is 3.51. The SMILES string of the molecule is COc1cc(/C=N\NC(=O)c2ccoc2C)cc(Cl)c1OC. The molecule has 0 saturated carbocycles. The molecule has 7 heteroatoms. The van der Waals surface area contributed by atoms with E-state index >= 15 is 0 Å². The molecule has 1 aromatic carbocycles. The first-order valence-corrected chi connectivity index (χ1v) is 6.73. The van der Waals surface area contributed by atoms with Crippen molar-refractivity contribution < 1.29 is 18.7 Å². The summed E-state index contributed by atoms with van der Waals surface area (Å²) in [5.74, 6) is 1.10. The lowest BCUT2D eigenvalue weighted by Gasteiger charge is -2.09. The van der Waals surface area contributed by atoms with E-state index in [2.05, 4.69) is 10.5 Å². The molecule has 116 valence electrons. The normalized spacial score (nSPS) is 10.7. The molecule has 22 heavy (non-hydrogen) atoms. The number of benzene rings is 1. The van der Waals surface area contributed by atoms with Gasteiger partial charge in [0.15, 0.2) is 11.5 Å². The summed E-state index contributed by atoms with van der Waals surface area (Å²) in [6.07, 6.45) is 2.91. The molecule has 0 unspecified atom stereocenters. The van der Waals surface area contributed by atoms with Crippen molar-refractivity contribution in [2.45, 2.75) is 6.92 Å². The number of hydrazone groups is 1. The van der Waals surface area contributed by atoms with Gasteiger partial charge in [0.2, 0.25) is 0 Å². The Morgan fingerprint density at radius 2 is 2.14 bits per heavy atom. The van der Waals surface area contributed by atoms with Gasteiger partial charge in [0.05, 0.1) is 37.3 Å². The maximum atomic E-state index is 11.9. The summed E-state index contributed by atoms with van der Waals surface area (Å²) >= 11 is 6.09. The third kappa shape index (κ3) is 3.40. The Kier molecular flexibility index (Phi) is 5.06. The van der Waals surface area contributed by atoms with Gasteiger partial charge in [0.1, 0.15) is 5.76 Å². The Morgan fingerprint density at radius 3 is 2.73 bits per heavy atom.